The summed E-state index contributed by atoms with van der Waals surface area (Å²) in [6.07, 6.45) is 1.87. The zero-order chi connectivity index (χ0) is 14.0. The van der Waals surface area contributed by atoms with Crippen LogP contribution in [0, 0.1) is 12.7 Å². The maximum atomic E-state index is 13.6. The van der Waals surface area contributed by atoms with E-state index >= 15 is 0 Å². The van der Waals surface area contributed by atoms with Gasteiger partial charge in [0.1, 0.15) is 5.82 Å². The van der Waals surface area contributed by atoms with Gasteiger partial charge in [0.2, 0.25) is 0 Å². The van der Waals surface area contributed by atoms with Crippen molar-refractivity contribution >= 4 is 17.0 Å². The van der Waals surface area contributed by atoms with Crippen molar-refractivity contribution in [1.29, 1.82) is 0 Å². The number of anilines is 1. The van der Waals surface area contributed by atoms with E-state index in [2.05, 4.69) is 31.1 Å². The number of thiazole rings is 1. The number of aryl methyl sites for hydroxylation is 1. The van der Waals surface area contributed by atoms with Crippen molar-refractivity contribution in [1.82, 2.24) is 4.98 Å². The molecule has 0 aliphatic rings. The first-order valence-electron chi connectivity index (χ1n) is 6.31. The number of hydrogen-bond acceptors (Lipinski definition) is 3. The molecule has 2 nitrogen and oxygen atoms in total. The second-order valence-electron chi connectivity index (χ2n) is 5.72. The smallest absolute Gasteiger partial charge is 0.146 e. The van der Waals surface area contributed by atoms with Crippen molar-refractivity contribution in [2.75, 3.05) is 5.32 Å². The van der Waals surface area contributed by atoms with Crippen molar-refractivity contribution in [2.45, 2.75) is 39.7 Å². The fraction of sp³-hybridized carbons (Fsp3) is 0.400. The Hall–Kier alpha value is -1.42. The topological polar surface area (TPSA) is 24.9 Å². The van der Waals surface area contributed by atoms with Gasteiger partial charge in [-0.25, -0.2) is 9.37 Å². The fourth-order valence-electron chi connectivity index (χ4n) is 1.69. The van der Waals surface area contributed by atoms with Crippen molar-refractivity contribution < 1.29 is 4.39 Å². The zero-order valence-electron chi connectivity index (χ0n) is 11.7. The van der Waals surface area contributed by atoms with Crippen LogP contribution in [-0.4, -0.2) is 4.98 Å². The fourth-order valence-corrected chi connectivity index (χ4v) is 2.60. The molecule has 1 aromatic carbocycles. The summed E-state index contributed by atoms with van der Waals surface area (Å²) >= 11 is 1.67. The second kappa shape index (κ2) is 5.29. The summed E-state index contributed by atoms with van der Waals surface area (Å²) in [6, 6.07) is 5.08. The molecule has 19 heavy (non-hydrogen) atoms. The normalized spacial score (nSPS) is 11.6. The average molecular weight is 278 g/mol. The van der Waals surface area contributed by atoms with Gasteiger partial charge in [0.15, 0.2) is 0 Å². The summed E-state index contributed by atoms with van der Waals surface area (Å²) in [5, 5.41) is 4.24. The third-order valence-corrected chi connectivity index (χ3v) is 4.19. The highest BCUT2D eigenvalue weighted by Gasteiger charge is 2.17. The monoisotopic (exact) mass is 278 g/mol. The Morgan fingerprint density at radius 1 is 1.32 bits per heavy atom. The van der Waals surface area contributed by atoms with Crippen molar-refractivity contribution in [3.8, 4) is 0 Å². The van der Waals surface area contributed by atoms with Crippen LogP contribution in [0.2, 0.25) is 0 Å². The molecule has 2 aromatic rings. The standard InChI is InChI=1S/C15H19FN2S/c1-10-5-6-12(16)13(7-10)17-8-11-9-18-14(19-11)15(2,3)4/h5-7,9,17H,8H2,1-4H3. The van der Waals surface area contributed by atoms with Gasteiger partial charge in [-0.3, -0.25) is 0 Å². The van der Waals surface area contributed by atoms with E-state index in [0.717, 1.165) is 15.4 Å². The molecule has 0 aliphatic carbocycles. The Bertz CT molecular complexity index is 570. The molecule has 1 N–H and O–H groups in total. The van der Waals surface area contributed by atoms with Crippen molar-refractivity contribution in [3.05, 3.63) is 45.7 Å². The van der Waals surface area contributed by atoms with Crippen molar-refractivity contribution in [3.63, 3.8) is 0 Å². The predicted octanol–water partition coefficient (Wildman–Crippen LogP) is 4.50. The van der Waals surface area contributed by atoms with Crippen LogP contribution in [0.4, 0.5) is 10.1 Å². The summed E-state index contributed by atoms with van der Waals surface area (Å²) in [5.41, 5.74) is 1.66. The number of aromatic nitrogens is 1. The lowest BCUT2D eigenvalue weighted by Crippen LogP contribution is -2.09. The van der Waals surface area contributed by atoms with Gasteiger partial charge in [0.25, 0.3) is 0 Å². The molecule has 1 heterocycles. The zero-order valence-corrected chi connectivity index (χ0v) is 12.6. The van der Waals surface area contributed by atoms with Crippen LogP contribution >= 0.6 is 11.3 Å². The number of benzene rings is 1. The van der Waals surface area contributed by atoms with Gasteiger partial charge in [-0.15, -0.1) is 11.3 Å². The van der Waals surface area contributed by atoms with Crippen LogP contribution in [0.1, 0.15) is 36.2 Å². The molecular formula is C15H19FN2S. The summed E-state index contributed by atoms with van der Waals surface area (Å²) in [4.78, 5) is 5.54. The highest BCUT2D eigenvalue weighted by atomic mass is 32.1. The van der Waals surface area contributed by atoms with Crippen molar-refractivity contribution in [2.24, 2.45) is 0 Å². The SMILES string of the molecule is Cc1ccc(F)c(NCc2cnc(C(C)(C)C)s2)c1. The molecule has 0 aliphatic heterocycles. The maximum Gasteiger partial charge on any atom is 0.146 e. The largest absolute Gasteiger partial charge is 0.378 e. The number of hydrogen-bond donors (Lipinski definition) is 1. The minimum Gasteiger partial charge on any atom is -0.378 e. The Morgan fingerprint density at radius 3 is 2.68 bits per heavy atom. The lowest BCUT2D eigenvalue weighted by molar-refractivity contribution is 0.585. The number of nitrogens with one attached hydrogen (secondary N) is 1. The van der Waals surface area contributed by atoms with Crippen LogP contribution in [0.5, 0.6) is 0 Å². The molecule has 4 heteroatoms. The molecule has 0 fully saturated rings. The summed E-state index contributed by atoms with van der Waals surface area (Å²) in [7, 11) is 0. The second-order valence-corrected chi connectivity index (χ2v) is 6.83. The molecule has 2 rings (SSSR count). The van der Waals surface area contributed by atoms with Gasteiger partial charge in [0, 0.05) is 16.5 Å². The maximum absolute atomic E-state index is 13.6. The Morgan fingerprint density at radius 2 is 2.05 bits per heavy atom. The summed E-state index contributed by atoms with van der Waals surface area (Å²) in [5.74, 6) is -0.217. The van der Waals surface area contributed by atoms with E-state index in [9.17, 15) is 4.39 Å². The lowest BCUT2D eigenvalue weighted by atomic mass is 9.98. The van der Waals surface area contributed by atoms with Gasteiger partial charge in [0.05, 0.1) is 17.2 Å². The number of rotatable bonds is 3. The van der Waals surface area contributed by atoms with E-state index in [-0.39, 0.29) is 11.2 Å². The third kappa shape index (κ3) is 3.53. The Balaban J connectivity index is 2.06. The molecule has 0 atom stereocenters. The lowest BCUT2D eigenvalue weighted by Gasteiger charge is -2.13. The Labute approximate surface area is 117 Å². The molecule has 102 valence electrons. The van der Waals surface area contributed by atoms with Gasteiger partial charge in [-0.1, -0.05) is 26.8 Å². The molecule has 1 aromatic heterocycles. The quantitative estimate of drug-likeness (QED) is 0.894. The van der Waals surface area contributed by atoms with Gasteiger partial charge in [-0.2, -0.15) is 0 Å². The van der Waals surface area contributed by atoms with E-state index in [1.165, 1.54) is 6.07 Å². The molecule has 0 amide bonds. The van der Waals surface area contributed by atoms with E-state index in [0.29, 0.717) is 12.2 Å². The van der Waals surface area contributed by atoms with Crippen LogP contribution < -0.4 is 5.32 Å². The molecule has 0 radical (unpaired) electrons. The van der Waals surface area contributed by atoms with Gasteiger partial charge in [-0.05, 0) is 24.6 Å². The Kier molecular flexibility index (Phi) is 3.90. The van der Waals surface area contributed by atoms with E-state index in [4.69, 9.17) is 0 Å². The first kappa shape index (κ1) is 14.0. The van der Waals surface area contributed by atoms with E-state index in [1.54, 1.807) is 17.4 Å². The van der Waals surface area contributed by atoms with Crippen LogP contribution in [0.3, 0.4) is 0 Å². The van der Waals surface area contributed by atoms with Crippen LogP contribution in [-0.2, 0) is 12.0 Å². The molecule has 0 saturated carbocycles. The van der Waals surface area contributed by atoms with E-state index in [1.807, 2.05) is 19.2 Å². The molecule has 0 saturated heterocycles. The highest BCUT2D eigenvalue weighted by Crippen LogP contribution is 2.27. The number of halogens is 1. The first-order chi connectivity index (χ1) is 8.86. The van der Waals surface area contributed by atoms with Crippen LogP contribution in [0.25, 0.3) is 0 Å². The molecule has 0 spiro atoms. The third-order valence-electron chi connectivity index (χ3n) is 2.77. The highest BCUT2D eigenvalue weighted by molar-refractivity contribution is 7.11. The summed E-state index contributed by atoms with van der Waals surface area (Å²) in [6.45, 7) is 8.99. The predicted molar refractivity (Wildman–Crippen MR) is 79.3 cm³/mol. The minimum absolute atomic E-state index is 0.0670. The average Bonchev–Trinajstić information content (AvgIpc) is 2.79. The van der Waals surface area contributed by atoms with E-state index < -0.39 is 0 Å². The number of nitrogens with zero attached hydrogens (tertiary/aromatic N) is 1. The minimum atomic E-state index is -0.217. The molecule has 0 bridgehead atoms. The molecular weight excluding hydrogens is 259 g/mol. The van der Waals surface area contributed by atoms with Gasteiger partial charge >= 0.3 is 0 Å². The first-order valence-corrected chi connectivity index (χ1v) is 7.13. The molecule has 0 unspecified atom stereocenters. The van der Waals surface area contributed by atoms with Gasteiger partial charge < -0.3 is 5.32 Å². The van der Waals surface area contributed by atoms with Crippen LogP contribution in [0.15, 0.2) is 24.4 Å². The summed E-state index contributed by atoms with van der Waals surface area (Å²) < 4.78 is 13.6.